The van der Waals surface area contributed by atoms with Gasteiger partial charge in [-0.2, -0.15) is 0 Å². The first-order valence-corrected chi connectivity index (χ1v) is 10.8. The molecule has 2 heterocycles. The van der Waals surface area contributed by atoms with Gasteiger partial charge in [-0.1, -0.05) is 30.3 Å². The Labute approximate surface area is 206 Å². The molecule has 2 N–H and O–H groups in total. The lowest BCUT2D eigenvalue weighted by Gasteiger charge is -2.36. The molecule has 170 valence electrons. The molecule has 4 rings (SSSR count). The molecule has 2 aromatic carbocycles. The Bertz CT molecular complexity index is 981. The van der Waals surface area contributed by atoms with Crippen LogP contribution in [0.5, 0.6) is 0 Å². The summed E-state index contributed by atoms with van der Waals surface area (Å²) >= 11 is 0. The minimum Gasteiger partial charge on any atom is -0.370 e. The molecule has 0 atom stereocenters. The van der Waals surface area contributed by atoms with Gasteiger partial charge in [0, 0.05) is 50.8 Å². The van der Waals surface area contributed by atoms with E-state index in [-0.39, 0.29) is 29.8 Å². The van der Waals surface area contributed by atoms with Gasteiger partial charge >= 0.3 is 0 Å². The van der Waals surface area contributed by atoms with Gasteiger partial charge in [0.2, 0.25) is 0 Å². The van der Waals surface area contributed by atoms with Crippen LogP contribution in [0.25, 0.3) is 0 Å². The fourth-order valence-corrected chi connectivity index (χ4v) is 3.89. The molecule has 0 amide bonds. The Morgan fingerprint density at radius 1 is 1.00 bits per heavy atom. The summed E-state index contributed by atoms with van der Waals surface area (Å²) in [6.45, 7) is 4.63. The number of rotatable bonds is 7. The van der Waals surface area contributed by atoms with Crippen molar-refractivity contribution >= 4 is 35.6 Å². The zero-order chi connectivity index (χ0) is 21.5. The van der Waals surface area contributed by atoms with Crippen LogP contribution in [0.15, 0.2) is 72.0 Å². The van der Waals surface area contributed by atoms with E-state index in [9.17, 15) is 4.39 Å². The van der Waals surface area contributed by atoms with Gasteiger partial charge in [-0.05, 0) is 42.7 Å². The Hall–Kier alpha value is -2.62. The third-order valence-corrected chi connectivity index (χ3v) is 5.69. The van der Waals surface area contributed by atoms with E-state index in [0.717, 1.165) is 57.1 Å². The maximum atomic E-state index is 13.1. The molecule has 0 bridgehead atoms. The van der Waals surface area contributed by atoms with E-state index in [2.05, 4.69) is 48.6 Å². The minimum absolute atomic E-state index is 0. The number of nitrogens with zero attached hydrogens (tertiary/aromatic N) is 5. The second-order valence-corrected chi connectivity index (χ2v) is 7.75. The SMILES string of the molecule is I.NC(=NCc1nccn1CCCc1ccccc1)N1CCN(c2ccc(F)cc2)CC1. The van der Waals surface area contributed by atoms with Gasteiger partial charge in [0.15, 0.2) is 5.96 Å². The number of hydrogen-bond donors (Lipinski definition) is 1. The lowest BCUT2D eigenvalue weighted by molar-refractivity contribution is 0.380. The average molecular weight is 548 g/mol. The van der Waals surface area contributed by atoms with Gasteiger partial charge in [-0.15, -0.1) is 24.0 Å². The number of halogens is 2. The van der Waals surface area contributed by atoms with Crippen molar-refractivity contribution in [3.8, 4) is 0 Å². The van der Waals surface area contributed by atoms with Gasteiger partial charge in [-0.3, -0.25) is 0 Å². The summed E-state index contributed by atoms with van der Waals surface area (Å²) in [6, 6.07) is 17.2. The number of anilines is 1. The molecule has 1 saturated heterocycles. The lowest BCUT2D eigenvalue weighted by Crippen LogP contribution is -2.51. The molecule has 0 radical (unpaired) electrons. The normalized spacial score (nSPS) is 14.3. The maximum absolute atomic E-state index is 13.1. The summed E-state index contributed by atoms with van der Waals surface area (Å²) in [4.78, 5) is 13.4. The van der Waals surface area contributed by atoms with E-state index in [1.165, 1.54) is 17.7 Å². The first-order valence-electron chi connectivity index (χ1n) is 10.8. The predicted molar refractivity (Wildman–Crippen MR) is 138 cm³/mol. The van der Waals surface area contributed by atoms with Crippen LogP contribution in [0.3, 0.4) is 0 Å². The number of aromatic nitrogens is 2. The summed E-state index contributed by atoms with van der Waals surface area (Å²) in [5, 5.41) is 0. The summed E-state index contributed by atoms with van der Waals surface area (Å²) in [7, 11) is 0. The summed E-state index contributed by atoms with van der Waals surface area (Å²) in [5.41, 5.74) is 8.66. The number of piperazine rings is 1. The zero-order valence-electron chi connectivity index (χ0n) is 18.1. The van der Waals surface area contributed by atoms with E-state index >= 15 is 0 Å². The lowest BCUT2D eigenvalue weighted by atomic mass is 10.1. The first kappa shape index (κ1) is 24.0. The van der Waals surface area contributed by atoms with Crippen molar-refractivity contribution in [1.82, 2.24) is 14.5 Å². The van der Waals surface area contributed by atoms with Crippen LogP contribution in [0, 0.1) is 5.82 Å². The van der Waals surface area contributed by atoms with E-state index in [4.69, 9.17) is 5.73 Å². The van der Waals surface area contributed by atoms with Crippen molar-refractivity contribution in [3.05, 3.63) is 84.2 Å². The molecule has 1 aliphatic rings. The highest BCUT2D eigenvalue weighted by molar-refractivity contribution is 14.0. The third kappa shape index (κ3) is 6.44. The van der Waals surface area contributed by atoms with Crippen LogP contribution in [-0.4, -0.2) is 46.6 Å². The van der Waals surface area contributed by atoms with Crippen molar-refractivity contribution in [3.63, 3.8) is 0 Å². The molecule has 8 heteroatoms. The van der Waals surface area contributed by atoms with E-state index in [1.807, 2.05) is 30.6 Å². The van der Waals surface area contributed by atoms with Crippen molar-refractivity contribution in [2.75, 3.05) is 31.1 Å². The first-order chi connectivity index (χ1) is 15.2. The fourth-order valence-electron chi connectivity index (χ4n) is 3.89. The standard InChI is InChI=1S/C24H29FN6.HI/c25-21-8-10-22(11-9-21)29-15-17-31(18-16-29)24(26)28-19-23-27-12-14-30(23)13-4-7-20-5-2-1-3-6-20;/h1-3,5-6,8-12,14H,4,7,13,15-19H2,(H2,26,28);1H. The van der Waals surface area contributed by atoms with E-state index in [1.54, 1.807) is 0 Å². The average Bonchev–Trinajstić information content (AvgIpc) is 3.26. The molecule has 1 aliphatic heterocycles. The van der Waals surface area contributed by atoms with Gasteiger partial charge < -0.3 is 20.1 Å². The topological polar surface area (TPSA) is 62.7 Å². The van der Waals surface area contributed by atoms with Gasteiger partial charge in [-0.25, -0.2) is 14.4 Å². The molecule has 1 fully saturated rings. The highest BCUT2D eigenvalue weighted by Gasteiger charge is 2.18. The van der Waals surface area contributed by atoms with Crippen LogP contribution in [-0.2, 0) is 19.5 Å². The molecule has 3 aromatic rings. The van der Waals surface area contributed by atoms with Crippen molar-refractivity contribution in [2.45, 2.75) is 25.9 Å². The van der Waals surface area contributed by atoms with Gasteiger partial charge in [0.1, 0.15) is 18.2 Å². The van der Waals surface area contributed by atoms with Crippen LogP contribution >= 0.6 is 24.0 Å². The molecule has 0 unspecified atom stereocenters. The smallest absolute Gasteiger partial charge is 0.191 e. The molecular formula is C24H30FIN6. The van der Waals surface area contributed by atoms with Crippen molar-refractivity contribution in [2.24, 2.45) is 10.7 Å². The number of guanidine groups is 1. The summed E-state index contributed by atoms with van der Waals surface area (Å²) in [5.74, 6) is 1.27. The van der Waals surface area contributed by atoms with Crippen LogP contribution < -0.4 is 10.6 Å². The van der Waals surface area contributed by atoms with Crippen molar-refractivity contribution in [1.29, 1.82) is 0 Å². The van der Waals surface area contributed by atoms with Crippen LogP contribution in [0.1, 0.15) is 17.8 Å². The second kappa shape index (κ2) is 11.8. The van der Waals surface area contributed by atoms with Gasteiger partial charge in [0.25, 0.3) is 0 Å². The largest absolute Gasteiger partial charge is 0.370 e. The Morgan fingerprint density at radius 2 is 1.72 bits per heavy atom. The van der Waals surface area contributed by atoms with E-state index in [0.29, 0.717) is 12.5 Å². The molecule has 6 nitrogen and oxygen atoms in total. The number of aryl methyl sites for hydroxylation is 2. The zero-order valence-corrected chi connectivity index (χ0v) is 20.4. The maximum Gasteiger partial charge on any atom is 0.191 e. The number of nitrogens with two attached hydrogens (primary N) is 1. The molecule has 32 heavy (non-hydrogen) atoms. The fraction of sp³-hybridized carbons (Fsp3) is 0.333. The monoisotopic (exact) mass is 548 g/mol. The number of imidazole rings is 1. The third-order valence-electron chi connectivity index (χ3n) is 5.69. The molecule has 0 saturated carbocycles. The summed E-state index contributed by atoms with van der Waals surface area (Å²) < 4.78 is 15.3. The highest BCUT2D eigenvalue weighted by atomic mass is 127. The molecular weight excluding hydrogens is 518 g/mol. The molecule has 0 aliphatic carbocycles. The van der Waals surface area contributed by atoms with Crippen LogP contribution in [0.4, 0.5) is 10.1 Å². The minimum atomic E-state index is -0.211. The number of aliphatic imine (C=N–C) groups is 1. The van der Waals surface area contributed by atoms with Gasteiger partial charge in [0.05, 0.1) is 0 Å². The number of hydrogen-bond acceptors (Lipinski definition) is 3. The quantitative estimate of drug-likeness (QED) is 0.277. The highest BCUT2D eigenvalue weighted by Crippen LogP contribution is 2.17. The van der Waals surface area contributed by atoms with Crippen molar-refractivity contribution < 1.29 is 4.39 Å². The second-order valence-electron chi connectivity index (χ2n) is 7.75. The summed E-state index contributed by atoms with van der Waals surface area (Å²) in [6.07, 6.45) is 5.93. The van der Waals surface area contributed by atoms with E-state index < -0.39 is 0 Å². The number of benzene rings is 2. The Balaban J connectivity index is 0.00000289. The predicted octanol–water partition coefficient (Wildman–Crippen LogP) is 3.91. The molecule has 0 spiro atoms. The Kier molecular flexibility index (Phi) is 8.90. The molecule has 1 aromatic heterocycles. The Morgan fingerprint density at radius 3 is 2.44 bits per heavy atom. The van der Waals surface area contributed by atoms with Crippen LogP contribution in [0.2, 0.25) is 0 Å².